The molecule has 13 nitrogen and oxygen atoms in total. The number of benzene rings is 4. The molecule has 1 aliphatic rings. The van der Waals surface area contributed by atoms with E-state index in [4.69, 9.17) is 23.7 Å². The number of ketones is 3. The van der Waals surface area contributed by atoms with Crippen molar-refractivity contribution in [1.29, 1.82) is 0 Å². The van der Waals surface area contributed by atoms with Gasteiger partial charge in [0.15, 0.2) is 22.4 Å². The molecule has 0 bridgehead atoms. The molecule has 4 aromatic carbocycles. The summed E-state index contributed by atoms with van der Waals surface area (Å²) in [5.74, 6) is -3.95. The Morgan fingerprint density at radius 3 is 1.49 bits per heavy atom. The zero-order valence-corrected chi connectivity index (χ0v) is 49.7. The second-order valence-electron chi connectivity index (χ2n) is 22.1. The molecule has 0 saturated heterocycles. The highest BCUT2D eigenvalue weighted by Crippen LogP contribution is 2.35. The SMILES string of the molecule is C=C(C)C(=O)OCC(CCc1ccccc1)(C(C)=O)C(=O)OC(C)C.C=CC(=O)OCC(CCc1ccc(C)cc1)(C(C)=O)C(=O)OC1CCCCC1.C=Cc1ccc(C(C)(C)OC(=O)C(C)(CCc2ccc(C)cc2)C(C)=O)cc1. The molecule has 0 N–H and O–H groups in total. The first-order valence-corrected chi connectivity index (χ1v) is 27.8. The number of esters is 5. The molecule has 436 valence electrons. The van der Waals surface area contributed by atoms with Crippen molar-refractivity contribution in [1.82, 2.24) is 0 Å². The molecule has 0 aromatic heterocycles. The molecule has 13 heteroatoms. The van der Waals surface area contributed by atoms with Crippen molar-refractivity contribution in [2.24, 2.45) is 16.2 Å². The summed E-state index contributed by atoms with van der Waals surface area (Å²) in [6, 6.07) is 33.3. The zero-order chi connectivity index (χ0) is 60.6. The first-order valence-electron chi connectivity index (χ1n) is 27.8. The molecular weight excluding hydrogens is 1020 g/mol. The molecule has 0 amide bonds. The van der Waals surface area contributed by atoms with E-state index in [-0.39, 0.29) is 61.2 Å². The molecular formula is C68H86O13. The molecule has 1 saturated carbocycles. The summed E-state index contributed by atoms with van der Waals surface area (Å²) in [4.78, 5) is 99.5. The Balaban J connectivity index is 0.000000320. The monoisotopic (exact) mass is 1110 g/mol. The molecule has 0 radical (unpaired) electrons. The van der Waals surface area contributed by atoms with Crippen LogP contribution >= 0.6 is 0 Å². The molecule has 4 aromatic rings. The van der Waals surface area contributed by atoms with Crippen molar-refractivity contribution < 1.29 is 62.0 Å². The number of carbonyl (C=O) groups excluding carboxylic acids is 8. The fourth-order valence-electron chi connectivity index (χ4n) is 8.76. The van der Waals surface area contributed by atoms with Gasteiger partial charge in [-0.2, -0.15) is 0 Å². The molecule has 1 fully saturated rings. The van der Waals surface area contributed by atoms with Gasteiger partial charge in [-0.15, -0.1) is 0 Å². The normalized spacial score (nSPS) is 14.4. The van der Waals surface area contributed by atoms with Crippen molar-refractivity contribution in [3.05, 3.63) is 173 Å². The summed E-state index contributed by atoms with van der Waals surface area (Å²) >= 11 is 0. The van der Waals surface area contributed by atoms with Gasteiger partial charge in [-0.25, -0.2) is 9.59 Å². The smallest absolute Gasteiger partial charge is 0.333 e. The highest BCUT2D eigenvalue weighted by molar-refractivity contribution is 6.04. The quantitative estimate of drug-likeness (QED) is 0.0251. The summed E-state index contributed by atoms with van der Waals surface area (Å²) in [7, 11) is 0. The van der Waals surface area contributed by atoms with E-state index in [1.807, 2.05) is 131 Å². The third-order valence-electron chi connectivity index (χ3n) is 14.8. The van der Waals surface area contributed by atoms with Crippen LogP contribution in [0, 0.1) is 30.1 Å². The average molecular weight is 1110 g/mol. The van der Waals surface area contributed by atoms with Crippen LogP contribution in [0.1, 0.15) is 153 Å². The van der Waals surface area contributed by atoms with E-state index in [1.54, 1.807) is 26.8 Å². The summed E-state index contributed by atoms with van der Waals surface area (Å²) in [6.07, 6.45) is 9.48. The van der Waals surface area contributed by atoms with Crippen LogP contribution in [0.2, 0.25) is 0 Å². The van der Waals surface area contributed by atoms with Crippen molar-refractivity contribution in [3.63, 3.8) is 0 Å². The summed E-state index contributed by atoms with van der Waals surface area (Å²) in [5.41, 5.74) is 2.46. The molecule has 0 heterocycles. The number of rotatable bonds is 26. The van der Waals surface area contributed by atoms with Crippen molar-refractivity contribution >= 4 is 53.3 Å². The van der Waals surface area contributed by atoms with E-state index in [0.29, 0.717) is 25.7 Å². The third kappa shape index (κ3) is 20.8. The Labute approximate surface area is 480 Å². The molecule has 5 rings (SSSR count). The number of ether oxygens (including phenoxy) is 5. The van der Waals surface area contributed by atoms with Crippen LogP contribution in [-0.2, 0) is 86.9 Å². The van der Waals surface area contributed by atoms with Crippen LogP contribution in [0.3, 0.4) is 0 Å². The molecule has 0 spiro atoms. The topological polar surface area (TPSA) is 183 Å². The maximum Gasteiger partial charge on any atom is 0.333 e. The predicted molar refractivity (Wildman–Crippen MR) is 316 cm³/mol. The van der Waals surface area contributed by atoms with E-state index in [9.17, 15) is 38.4 Å². The lowest BCUT2D eigenvalue weighted by molar-refractivity contribution is -0.173. The van der Waals surface area contributed by atoms with Crippen molar-refractivity contribution in [3.8, 4) is 0 Å². The van der Waals surface area contributed by atoms with Crippen LogP contribution in [0.15, 0.2) is 135 Å². The Morgan fingerprint density at radius 2 is 1.05 bits per heavy atom. The van der Waals surface area contributed by atoms with E-state index >= 15 is 0 Å². The van der Waals surface area contributed by atoms with Gasteiger partial charge in [-0.05, 0) is 168 Å². The highest BCUT2D eigenvalue weighted by Gasteiger charge is 2.48. The minimum Gasteiger partial charge on any atom is -0.462 e. The fourth-order valence-corrected chi connectivity index (χ4v) is 8.76. The highest BCUT2D eigenvalue weighted by atomic mass is 16.6. The van der Waals surface area contributed by atoms with Crippen LogP contribution < -0.4 is 0 Å². The third-order valence-corrected chi connectivity index (χ3v) is 14.8. The standard InChI is InChI=1S/C25H30O3.C23H30O5.C20H26O5/c1-7-20-12-14-22(15-13-20)24(4,5)28-23(27)25(6,19(3)26)17-16-21-10-8-18(2)9-11-21;1-4-21(25)27-16-23(18(3)24,15-14-19-12-10-17(2)11-13-19)22(26)28-20-8-6-5-7-9-20;1-14(2)18(22)24-13-20(16(5)21,19(23)25-15(3)4)12-11-17-9-7-6-8-10-17/h7-15H,1,16-17H2,2-6H3;4,10-13,20H,1,5-9,14-16H2,2-3H3;6-10,15H,1,11-13H2,2-5H3. The molecule has 0 aliphatic heterocycles. The maximum absolute atomic E-state index is 13.1. The Hall–Kier alpha value is -7.54. The maximum atomic E-state index is 13.1. The Morgan fingerprint density at radius 1 is 0.580 bits per heavy atom. The van der Waals surface area contributed by atoms with Crippen LogP contribution in [-0.4, -0.2) is 72.6 Å². The largest absolute Gasteiger partial charge is 0.462 e. The summed E-state index contributed by atoms with van der Waals surface area (Å²) in [5, 5.41) is 0. The van der Waals surface area contributed by atoms with E-state index in [2.05, 4.69) is 19.7 Å². The van der Waals surface area contributed by atoms with Gasteiger partial charge in [-0.1, -0.05) is 146 Å². The van der Waals surface area contributed by atoms with E-state index < -0.39 is 51.7 Å². The molecule has 3 atom stereocenters. The summed E-state index contributed by atoms with van der Waals surface area (Å²) < 4.78 is 27.2. The summed E-state index contributed by atoms with van der Waals surface area (Å²) in [6.45, 7) is 28.4. The first kappa shape index (κ1) is 67.7. The number of carbonyl (C=O) groups is 8. The van der Waals surface area contributed by atoms with Gasteiger partial charge in [0.25, 0.3) is 0 Å². The molecule has 3 unspecified atom stereocenters. The van der Waals surface area contributed by atoms with Gasteiger partial charge in [0.1, 0.15) is 36.1 Å². The predicted octanol–water partition coefficient (Wildman–Crippen LogP) is 13.0. The molecule has 1 aliphatic carbocycles. The Kier molecular flexibility index (Phi) is 26.8. The zero-order valence-electron chi connectivity index (χ0n) is 49.7. The lowest BCUT2D eigenvalue weighted by atomic mass is 9.79. The van der Waals surface area contributed by atoms with Gasteiger partial charge < -0.3 is 23.7 Å². The van der Waals surface area contributed by atoms with Crippen molar-refractivity contribution in [2.45, 2.75) is 165 Å². The van der Waals surface area contributed by atoms with Crippen molar-refractivity contribution in [2.75, 3.05) is 13.2 Å². The number of hydrogen-bond acceptors (Lipinski definition) is 13. The fraction of sp³-hybridized carbons (Fsp3) is 0.441. The van der Waals surface area contributed by atoms with Crippen LogP contribution in [0.25, 0.3) is 6.08 Å². The Bertz CT molecular complexity index is 2780. The lowest BCUT2D eigenvalue weighted by Gasteiger charge is -2.32. The van der Waals surface area contributed by atoms with Gasteiger partial charge in [0, 0.05) is 11.6 Å². The number of Topliss-reactive ketones (excluding diaryl/α,β-unsaturated/α-hetero) is 3. The first-order chi connectivity index (χ1) is 38.1. The second kappa shape index (κ2) is 32.0. The van der Waals surface area contributed by atoms with E-state index in [0.717, 1.165) is 71.6 Å². The minimum atomic E-state index is -1.52. The second-order valence-corrected chi connectivity index (χ2v) is 22.1. The van der Waals surface area contributed by atoms with Crippen LogP contribution in [0.4, 0.5) is 0 Å². The average Bonchev–Trinajstić information content (AvgIpc) is 3.47. The van der Waals surface area contributed by atoms with Gasteiger partial charge in [0.2, 0.25) is 0 Å². The number of aryl methyl sites for hydroxylation is 5. The number of hydrogen-bond donors (Lipinski definition) is 0. The molecule has 81 heavy (non-hydrogen) atoms. The minimum absolute atomic E-state index is 0.172. The van der Waals surface area contributed by atoms with Gasteiger partial charge in [-0.3, -0.25) is 28.8 Å². The van der Waals surface area contributed by atoms with Gasteiger partial charge >= 0.3 is 29.8 Å². The van der Waals surface area contributed by atoms with E-state index in [1.165, 1.54) is 33.3 Å². The van der Waals surface area contributed by atoms with Crippen LogP contribution in [0.5, 0.6) is 0 Å². The lowest BCUT2D eigenvalue weighted by Crippen LogP contribution is -2.46. The van der Waals surface area contributed by atoms with Gasteiger partial charge in [0.05, 0.1) is 6.10 Å².